The summed E-state index contributed by atoms with van der Waals surface area (Å²) in [6.45, 7) is 2.06. The van der Waals surface area contributed by atoms with Crippen LogP contribution in [0.4, 0.5) is 11.4 Å². The second kappa shape index (κ2) is 9.80. The maximum atomic E-state index is 13.1. The number of sulfonamides is 1. The summed E-state index contributed by atoms with van der Waals surface area (Å²) in [5.41, 5.74) is 1.87. The Balaban J connectivity index is 1.47. The molecule has 0 aliphatic heterocycles. The molecule has 0 unspecified atom stereocenters. The van der Waals surface area contributed by atoms with Crippen LogP contribution in [0.1, 0.15) is 17.4 Å². The summed E-state index contributed by atoms with van der Waals surface area (Å²) in [7, 11) is -2.17. The van der Waals surface area contributed by atoms with Crippen LogP contribution in [0, 0.1) is 0 Å². The number of hydrogen-bond acceptors (Lipinski definition) is 6. The zero-order valence-electron chi connectivity index (χ0n) is 18.6. The normalized spacial score (nSPS) is 11.1. The number of methoxy groups -OCH3 is 1. The molecule has 0 saturated heterocycles. The Morgan fingerprint density at radius 1 is 1.00 bits per heavy atom. The second-order valence-electron chi connectivity index (χ2n) is 7.29. The number of hydrogen-bond donors (Lipinski definition) is 1. The van der Waals surface area contributed by atoms with Gasteiger partial charge in [0.2, 0.25) is 0 Å². The van der Waals surface area contributed by atoms with Gasteiger partial charge >= 0.3 is 0 Å². The molecular formula is C25H23N3O5S. The van der Waals surface area contributed by atoms with Crippen molar-refractivity contribution in [2.75, 3.05) is 23.3 Å². The lowest BCUT2D eigenvalue weighted by atomic mass is 10.1. The third-order valence-electron chi connectivity index (χ3n) is 5.15. The Morgan fingerprint density at radius 2 is 1.68 bits per heavy atom. The zero-order valence-corrected chi connectivity index (χ0v) is 19.5. The van der Waals surface area contributed by atoms with E-state index in [-0.39, 0.29) is 17.1 Å². The molecule has 0 aliphatic rings. The van der Waals surface area contributed by atoms with E-state index in [0.29, 0.717) is 22.9 Å². The van der Waals surface area contributed by atoms with Gasteiger partial charge in [0, 0.05) is 23.9 Å². The molecule has 174 valence electrons. The molecule has 4 rings (SSSR count). The van der Waals surface area contributed by atoms with Gasteiger partial charge in [-0.1, -0.05) is 23.4 Å². The number of nitrogens with one attached hydrogen (secondary N) is 1. The fraction of sp³-hybridized carbons (Fsp3) is 0.120. The average Bonchev–Trinajstić information content (AvgIpc) is 3.36. The molecule has 1 N–H and O–H groups in total. The van der Waals surface area contributed by atoms with Crippen LogP contribution >= 0.6 is 0 Å². The summed E-state index contributed by atoms with van der Waals surface area (Å²) in [5, 5.41) is 6.54. The van der Waals surface area contributed by atoms with Crippen LogP contribution in [-0.4, -0.2) is 33.1 Å². The summed E-state index contributed by atoms with van der Waals surface area (Å²) in [4.78, 5) is 12.7. The smallest absolute Gasteiger partial charge is 0.277 e. The summed E-state index contributed by atoms with van der Waals surface area (Å²) in [6, 6.07) is 23.6. The van der Waals surface area contributed by atoms with Gasteiger partial charge in [0.15, 0.2) is 11.5 Å². The van der Waals surface area contributed by atoms with Crippen molar-refractivity contribution < 1.29 is 22.5 Å². The van der Waals surface area contributed by atoms with E-state index in [2.05, 4.69) is 10.5 Å². The van der Waals surface area contributed by atoms with E-state index in [9.17, 15) is 13.2 Å². The minimum absolute atomic E-state index is 0.101. The molecule has 0 aliphatic carbocycles. The van der Waals surface area contributed by atoms with E-state index in [1.54, 1.807) is 62.6 Å². The zero-order chi connectivity index (χ0) is 24.1. The molecule has 0 bridgehead atoms. The van der Waals surface area contributed by atoms with E-state index in [1.165, 1.54) is 34.6 Å². The Bertz CT molecular complexity index is 1370. The number of benzene rings is 3. The molecule has 8 nitrogen and oxygen atoms in total. The van der Waals surface area contributed by atoms with Gasteiger partial charge in [-0.3, -0.25) is 9.10 Å². The molecule has 1 aromatic heterocycles. The highest BCUT2D eigenvalue weighted by molar-refractivity contribution is 7.92. The van der Waals surface area contributed by atoms with Crippen molar-refractivity contribution in [2.24, 2.45) is 0 Å². The molecule has 1 amide bonds. The number of amides is 1. The van der Waals surface area contributed by atoms with Crippen LogP contribution in [0.3, 0.4) is 0 Å². The van der Waals surface area contributed by atoms with Crippen LogP contribution in [0.2, 0.25) is 0 Å². The number of carbonyl (C=O) groups excluding carboxylic acids is 1. The Hall–Kier alpha value is -4.11. The molecule has 0 spiro atoms. The van der Waals surface area contributed by atoms with Crippen molar-refractivity contribution in [1.82, 2.24) is 5.16 Å². The van der Waals surface area contributed by atoms with Crippen molar-refractivity contribution in [1.29, 1.82) is 0 Å². The number of anilines is 2. The van der Waals surface area contributed by atoms with Gasteiger partial charge in [0.25, 0.3) is 15.9 Å². The van der Waals surface area contributed by atoms with Crippen molar-refractivity contribution in [3.8, 4) is 17.1 Å². The van der Waals surface area contributed by atoms with Crippen molar-refractivity contribution in [2.45, 2.75) is 11.8 Å². The largest absolute Gasteiger partial charge is 0.497 e. The molecule has 1 heterocycles. The Kier molecular flexibility index (Phi) is 6.65. The molecule has 3 aromatic carbocycles. The van der Waals surface area contributed by atoms with E-state index in [1.807, 2.05) is 6.07 Å². The molecule has 34 heavy (non-hydrogen) atoms. The van der Waals surface area contributed by atoms with E-state index in [0.717, 1.165) is 5.56 Å². The predicted octanol–water partition coefficient (Wildman–Crippen LogP) is 4.82. The van der Waals surface area contributed by atoms with Crippen LogP contribution in [0.5, 0.6) is 5.75 Å². The Labute approximate surface area is 197 Å². The summed E-state index contributed by atoms with van der Waals surface area (Å²) in [6.07, 6.45) is 0. The third kappa shape index (κ3) is 4.79. The first-order valence-corrected chi connectivity index (χ1v) is 12.0. The highest BCUT2D eigenvalue weighted by atomic mass is 32.2. The summed E-state index contributed by atoms with van der Waals surface area (Å²) >= 11 is 0. The molecule has 0 atom stereocenters. The van der Waals surface area contributed by atoms with Crippen molar-refractivity contribution >= 4 is 27.3 Å². The minimum Gasteiger partial charge on any atom is -0.497 e. The number of para-hydroxylation sites is 1. The fourth-order valence-corrected chi connectivity index (χ4v) is 4.87. The average molecular weight is 478 g/mol. The van der Waals surface area contributed by atoms with Gasteiger partial charge in [-0.15, -0.1) is 0 Å². The highest BCUT2D eigenvalue weighted by Gasteiger charge is 2.23. The lowest BCUT2D eigenvalue weighted by molar-refractivity contribution is 0.101. The molecule has 0 radical (unpaired) electrons. The fourth-order valence-electron chi connectivity index (χ4n) is 3.39. The monoisotopic (exact) mass is 477 g/mol. The number of aromatic nitrogens is 1. The lowest BCUT2D eigenvalue weighted by Gasteiger charge is -2.23. The molecule has 4 aromatic rings. The van der Waals surface area contributed by atoms with Gasteiger partial charge in [0.05, 0.1) is 17.7 Å². The maximum Gasteiger partial charge on any atom is 0.277 e. The SMILES string of the molecule is CCN(c1ccccc1)S(=O)(=O)c1ccc(NC(=O)c2cc(-c3ccc(OC)cc3)on2)cc1. The highest BCUT2D eigenvalue weighted by Crippen LogP contribution is 2.25. The van der Waals surface area contributed by atoms with Crippen LogP contribution in [0.15, 0.2) is 94.3 Å². The van der Waals surface area contributed by atoms with Gasteiger partial charge < -0.3 is 14.6 Å². The number of nitrogens with zero attached hydrogens (tertiary/aromatic N) is 2. The summed E-state index contributed by atoms with van der Waals surface area (Å²) < 4.78 is 38.0. The molecule has 0 fully saturated rings. The Morgan fingerprint density at radius 3 is 2.29 bits per heavy atom. The van der Waals surface area contributed by atoms with Gasteiger partial charge in [-0.05, 0) is 67.6 Å². The third-order valence-corrected chi connectivity index (χ3v) is 7.07. The van der Waals surface area contributed by atoms with Crippen LogP contribution in [0.25, 0.3) is 11.3 Å². The first-order valence-electron chi connectivity index (χ1n) is 10.5. The first kappa shape index (κ1) is 23.1. The second-order valence-corrected chi connectivity index (χ2v) is 9.15. The number of carbonyl (C=O) groups is 1. The molecular weight excluding hydrogens is 454 g/mol. The molecule has 9 heteroatoms. The predicted molar refractivity (Wildman–Crippen MR) is 130 cm³/mol. The lowest BCUT2D eigenvalue weighted by Crippen LogP contribution is -2.30. The standard InChI is InChI=1S/C25H23N3O5S/c1-3-28(20-7-5-4-6-8-20)34(30,31)22-15-11-19(12-16-22)26-25(29)23-17-24(33-27-23)18-9-13-21(32-2)14-10-18/h4-17H,3H2,1-2H3,(H,26,29). The minimum atomic E-state index is -3.75. The maximum absolute atomic E-state index is 13.1. The van der Waals surface area contributed by atoms with Gasteiger partial charge in [0.1, 0.15) is 5.75 Å². The summed E-state index contributed by atoms with van der Waals surface area (Å²) in [5.74, 6) is 0.672. The quantitative estimate of drug-likeness (QED) is 0.390. The topological polar surface area (TPSA) is 102 Å². The van der Waals surface area contributed by atoms with E-state index >= 15 is 0 Å². The van der Waals surface area contributed by atoms with Crippen molar-refractivity contribution in [3.63, 3.8) is 0 Å². The molecule has 0 saturated carbocycles. The first-order chi connectivity index (χ1) is 16.4. The van der Waals surface area contributed by atoms with Gasteiger partial charge in [-0.2, -0.15) is 0 Å². The van der Waals surface area contributed by atoms with Crippen LogP contribution < -0.4 is 14.4 Å². The number of rotatable bonds is 8. The van der Waals surface area contributed by atoms with E-state index in [4.69, 9.17) is 9.26 Å². The van der Waals surface area contributed by atoms with Gasteiger partial charge in [-0.25, -0.2) is 8.42 Å². The number of ether oxygens (including phenoxy) is 1. The van der Waals surface area contributed by atoms with Crippen LogP contribution in [-0.2, 0) is 10.0 Å². The van der Waals surface area contributed by atoms with E-state index < -0.39 is 15.9 Å². The van der Waals surface area contributed by atoms with Crippen molar-refractivity contribution in [3.05, 3.63) is 90.6 Å².